The topological polar surface area (TPSA) is 35.2 Å². The van der Waals surface area contributed by atoms with Gasteiger partial charge in [0, 0.05) is 0 Å². The van der Waals surface area contributed by atoms with E-state index in [4.69, 9.17) is 10.5 Å². The van der Waals surface area contributed by atoms with Crippen LogP contribution in [0.25, 0.3) is 0 Å². The Labute approximate surface area is 113 Å². The molecule has 0 aliphatic rings. The van der Waals surface area contributed by atoms with E-state index in [9.17, 15) is 0 Å². The summed E-state index contributed by atoms with van der Waals surface area (Å²) < 4.78 is 6.77. The van der Waals surface area contributed by atoms with Gasteiger partial charge in [0.15, 0.2) is 0 Å². The average molecular weight is 300 g/mol. The Kier molecular flexibility index (Phi) is 7.29. The van der Waals surface area contributed by atoms with Crippen molar-refractivity contribution in [3.8, 4) is 5.75 Å². The molecule has 0 saturated carbocycles. The summed E-state index contributed by atoms with van der Waals surface area (Å²) in [5, 5.41) is 0. The normalized spacial score (nSPS) is 10.5. The number of halogens is 1. The third-order valence-corrected chi connectivity index (χ3v) is 3.30. The molecule has 2 N–H and O–H groups in total. The Bertz CT molecular complexity index is 328. The highest BCUT2D eigenvalue weighted by molar-refractivity contribution is 9.10. The van der Waals surface area contributed by atoms with Crippen molar-refractivity contribution in [2.75, 3.05) is 13.2 Å². The SMILES string of the molecule is CCCCCCOc1ccc(CCN)cc1Br. The lowest BCUT2D eigenvalue weighted by Crippen LogP contribution is -2.03. The van der Waals surface area contributed by atoms with Crippen molar-refractivity contribution in [2.24, 2.45) is 5.73 Å². The van der Waals surface area contributed by atoms with Crippen LogP contribution in [0.1, 0.15) is 38.2 Å². The van der Waals surface area contributed by atoms with Crippen molar-refractivity contribution in [3.63, 3.8) is 0 Å². The minimum absolute atomic E-state index is 0.684. The molecular formula is C14H22BrNO. The second-order valence-electron chi connectivity index (χ2n) is 4.21. The second kappa shape index (κ2) is 8.54. The van der Waals surface area contributed by atoms with E-state index in [1.54, 1.807) is 0 Å². The van der Waals surface area contributed by atoms with Crippen LogP contribution >= 0.6 is 15.9 Å². The summed E-state index contributed by atoms with van der Waals surface area (Å²) in [6.45, 7) is 3.70. The Balaban J connectivity index is 2.38. The van der Waals surface area contributed by atoms with Crippen molar-refractivity contribution in [1.82, 2.24) is 0 Å². The fraction of sp³-hybridized carbons (Fsp3) is 0.571. The van der Waals surface area contributed by atoms with Crippen LogP contribution in [0.4, 0.5) is 0 Å². The molecule has 3 heteroatoms. The van der Waals surface area contributed by atoms with E-state index < -0.39 is 0 Å². The summed E-state index contributed by atoms with van der Waals surface area (Å²) >= 11 is 3.53. The maximum absolute atomic E-state index is 5.74. The molecule has 0 spiro atoms. The number of hydrogen-bond acceptors (Lipinski definition) is 2. The molecule has 0 aliphatic heterocycles. The quantitative estimate of drug-likeness (QED) is 0.739. The number of hydrogen-bond donors (Lipinski definition) is 1. The predicted octanol–water partition coefficient (Wildman–Crippen LogP) is 3.91. The Morgan fingerprint density at radius 1 is 1.24 bits per heavy atom. The zero-order chi connectivity index (χ0) is 12.5. The van der Waals surface area contributed by atoms with Gasteiger partial charge in [-0.05, 0) is 53.0 Å². The molecule has 1 aromatic carbocycles. The summed E-state index contributed by atoms with van der Waals surface area (Å²) in [6, 6.07) is 6.20. The van der Waals surface area contributed by atoms with Crippen molar-refractivity contribution in [2.45, 2.75) is 39.0 Å². The third kappa shape index (κ3) is 5.55. The van der Waals surface area contributed by atoms with Gasteiger partial charge in [0.25, 0.3) is 0 Å². The lowest BCUT2D eigenvalue weighted by Gasteiger charge is -2.09. The van der Waals surface area contributed by atoms with E-state index in [0.29, 0.717) is 6.54 Å². The standard InChI is InChI=1S/C14H22BrNO/c1-2-3-4-5-10-17-14-7-6-12(8-9-16)11-13(14)15/h6-7,11H,2-5,8-10,16H2,1H3. The fourth-order valence-electron chi connectivity index (χ4n) is 1.69. The van der Waals surface area contributed by atoms with Crippen molar-refractivity contribution in [3.05, 3.63) is 28.2 Å². The molecule has 0 fully saturated rings. The van der Waals surface area contributed by atoms with Crippen LogP contribution in [0.2, 0.25) is 0 Å². The highest BCUT2D eigenvalue weighted by Gasteiger charge is 2.02. The molecule has 0 unspecified atom stereocenters. The van der Waals surface area contributed by atoms with Crippen LogP contribution in [-0.2, 0) is 6.42 Å². The molecule has 0 bridgehead atoms. The maximum atomic E-state index is 5.74. The van der Waals surface area contributed by atoms with Gasteiger partial charge in [-0.2, -0.15) is 0 Å². The molecule has 2 nitrogen and oxygen atoms in total. The number of rotatable bonds is 8. The first kappa shape index (κ1) is 14.5. The fourth-order valence-corrected chi connectivity index (χ4v) is 2.24. The van der Waals surface area contributed by atoms with Gasteiger partial charge in [-0.25, -0.2) is 0 Å². The first-order valence-electron chi connectivity index (χ1n) is 6.39. The molecule has 0 amide bonds. The first-order valence-corrected chi connectivity index (χ1v) is 7.18. The lowest BCUT2D eigenvalue weighted by atomic mass is 10.1. The van der Waals surface area contributed by atoms with E-state index >= 15 is 0 Å². The number of ether oxygens (including phenoxy) is 1. The van der Waals surface area contributed by atoms with Crippen LogP contribution in [-0.4, -0.2) is 13.2 Å². The van der Waals surface area contributed by atoms with Gasteiger partial charge in [0.05, 0.1) is 11.1 Å². The summed E-state index contributed by atoms with van der Waals surface area (Å²) in [5.74, 6) is 0.933. The zero-order valence-electron chi connectivity index (χ0n) is 10.5. The van der Waals surface area contributed by atoms with Crippen LogP contribution in [0.5, 0.6) is 5.75 Å². The van der Waals surface area contributed by atoms with Gasteiger partial charge >= 0.3 is 0 Å². The lowest BCUT2D eigenvalue weighted by molar-refractivity contribution is 0.303. The zero-order valence-corrected chi connectivity index (χ0v) is 12.1. The van der Waals surface area contributed by atoms with Crippen molar-refractivity contribution in [1.29, 1.82) is 0 Å². The summed E-state index contributed by atoms with van der Waals surface area (Å²) in [5.41, 5.74) is 6.78. The monoisotopic (exact) mass is 299 g/mol. The summed E-state index contributed by atoms with van der Waals surface area (Å²) in [7, 11) is 0. The van der Waals surface area contributed by atoms with Gasteiger partial charge in [0.2, 0.25) is 0 Å². The molecule has 0 heterocycles. The van der Waals surface area contributed by atoms with Crippen LogP contribution < -0.4 is 10.5 Å². The van der Waals surface area contributed by atoms with E-state index in [-0.39, 0.29) is 0 Å². The van der Waals surface area contributed by atoms with Gasteiger partial charge in [-0.15, -0.1) is 0 Å². The Morgan fingerprint density at radius 3 is 2.71 bits per heavy atom. The van der Waals surface area contributed by atoms with E-state index in [2.05, 4.69) is 35.0 Å². The van der Waals surface area contributed by atoms with E-state index in [1.165, 1.54) is 24.8 Å². The smallest absolute Gasteiger partial charge is 0.133 e. The van der Waals surface area contributed by atoms with E-state index in [0.717, 1.165) is 29.7 Å². The average Bonchev–Trinajstić information content (AvgIpc) is 2.32. The molecule has 0 aromatic heterocycles. The van der Waals surface area contributed by atoms with E-state index in [1.807, 2.05) is 6.07 Å². The number of benzene rings is 1. The van der Waals surface area contributed by atoms with Crippen LogP contribution in [0, 0.1) is 0 Å². The van der Waals surface area contributed by atoms with Gasteiger partial charge in [-0.3, -0.25) is 0 Å². The van der Waals surface area contributed by atoms with Gasteiger partial charge in [-0.1, -0.05) is 32.3 Å². The van der Waals surface area contributed by atoms with Crippen molar-refractivity contribution >= 4 is 15.9 Å². The summed E-state index contributed by atoms with van der Waals surface area (Å²) in [4.78, 5) is 0. The third-order valence-electron chi connectivity index (χ3n) is 2.68. The largest absolute Gasteiger partial charge is 0.492 e. The minimum Gasteiger partial charge on any atom is -0.492 e. The van der Waals surface area contributed by atoms with Gasteiger partial charge < -0.3 is 10.5 Å². The molecular weight excluding hydrogens is 278 g/mol. The highest BCUT2D eigenvalue weighted by atomic mass is 79.9. The maximum Gasteiger partial charge on any atom is 0.133 e. The molecule has 1 rings (SSSR count). The molecule has 1 aromatic rings. The highest BCUT2D eigenvalue weighted by Crippen LogP contribution is 2.26. The van der Waals surface area contributed by atoms with Crippen LogP contribution in [0.15, 0.2) is 22.7 Å². The van der Waals surface area contributed by atoms with Crippen LogP contribution in [0.3, 0.4) is 0 Å². The Morgan fingerprint density at radius 2 is 2.06 bits per heavy atom. The number of unbranched alkanes of at least 4 members (excludes halogenated alkanes) is 3. The molecule has 0 radical (unpaired) electrons. The molecule has 17 heavy (non-hydrogen) atoms. The first-order chi connectivity index (χ1) is 8.27. The summed E-state index contributed by atoms with van der Waals surface area (Å²) in [6.07, 6.45) is 5.84. The number of nitrogens with two attached hydrogens (primary N) is 1. The molecule has 0 aliphatic carbocycles. The molecule has 96 valence electrons. The predicted molar refractivity (Wildman–Crippen MR) is 76.5 cm³/mol. The second-order valence-corrected chi connectivity index (χ2v) is 5.07. The molecule has 0 atom stereocenters. The van der Waals surface area contributed by atoms with Gasteiger partial charge in [0.1, 0.15) is 5.75 Å². The minimum atomic E-state index is 0.684. The van der Waals surface area contributed by atoms with Crippen molar-refractivity contribution < 1.29 is 4.74 Å². The Hall–Kier alpha value is -0.540. The molecule has 0 saturated heterocycles.